The van der Waals surface area contributed by atoms with E-state index in [4.69, 9.17) is 9.72 Å². The molecule has 4 aromatic rings. The highest BCUT2D eigenvalue weighted by atomic mass is 79.9. The van der Waals surface area contributed by atoms with Crippen LogP contribution in [0.5, 0.6) is 0 Å². The highest BCUT2D eigenvalue weighted by Crippen LogP contribution is 2.44. The zero-order valence-electron chi connectivity index (χ0n) is 22.6. The number of nitrogens with zero attached hydrogens (tertiary/aromatic N) is 2. The van der Waals surface area contributed by atoms with E-state index in [1.807, 2.05) is 25.1 Å². The molecule has 4 atom stereocenters. The third kappa shape index (κ3) is 5.20. The molecule has 0 N–H and O–H groups in total. The van der Waals surface area contributed by atoms with Gasteiger partial charge in [-0.2, -0.15) is 0 Å². The fourth-order valence-corrected chi connectivity index (χ4v) is 6.99. The third-order valence-electron chi connectivity index (χ3n) is 8.02. The van der Waals surface area contributed by atoms with Gasteiger partial charge in [0.1, 0.15) is 0 Å². The minimum atomic E-state index is -0.624. The number of carbonyl (C=O) groups excluding carboxylic acids is 4. The lowest BCUT2D eigenvalue weighted by Gasteiger charge is -2.29. The molecule has 1 saturated carbocycles. The smallest absolute Gasteiger partial charge is 0.339 e. The Labute approximate surface area is 259 Å². The number of amides is 2. The summed E-state index contributed by atoms with van der Waals surface area (Å²) in [5.41, 5.74) is 4.03. The first-order chi connectivity index (χ1) is 20.2. The molecular formula is C33H26Br2N2O5. The van der Waals surface area contributed by atoms with Crippen LogP contribution in [0.1, 0.15) is 39.1 Å². The second kappa shape index (κ2) is 11.5. The van der Waals surface area contributed by atoms with Crippen molar-refractivity contribution in [2.24, 2.45) is 11.8 Å². The van der Waals surface area contributed by atoms with Gasteiger partial charge >= 0.3 is 5.97 Å². The van der Waals surface area contributed by atoms with E-state index in [2.05, 4.69) is 31.9 Å². The Bertz CT molecular complexity index is 1700. The van der Waals surface area contributed by atoms with E-state index in [0.717, 1.165) is 5.56 Å². The lowest BCUT2D eigenvalue weighted by Crippen LogP contribution is -2.34. The summed E-state index contributed by atoms with van der Waals surface area (Å²) in [6, 6.07) is 22.9. The fourth-order valence-electron chi connectivity index (χ4n) is 5.76. The number of ketones is 1. The van der Waals surface area contributed by atoms with Gasteiger partial charge in [-0.1, -0.05) is 92.5 Å². The SMILES string of the molecule is Cc1cccc2c(C(=O)OCC(=O)c3ccccc3)cc(-c3ccc(N4C(=O)C5CC(Br)C(Br)CC5C4=O)cc3)nc12. The molecule has 1 aliphatic heterocycles. The van der Waals surface area contributed by atoms with Crippen LogP contribution in [0.2, 0.25) is 0 Å². The number of rotatable bonds is 6. The zero-order valence-corrected chi connectivity index (χ0v) is 25.8. The first-order valence-electron chi connectivity index (χ1n) is 13.6. The van der Waals surface area contributed by atoms with E-state index in [1.54, 1.807) is 60.7 Å². The van der Waals surface area contributed by atoms with Crippen LogP contribution in [0, 0.1) is 18.8 Å². The van der Waals surface area contributed by atoms with Gasteiger partial charge in [-0.3, -0.25) is 19.3 Å². The van der Waals surface area contributed by atoms with Gasteiger partial charge < -0.3 is 4.74 Å². The Kier molecular flexibility index (Phi) is 7.81. The van der Waals surface area contributed by atoms with Crippen molar-refractivity contribution >= 4 is 72.0 Å². The monoisotopic (exact) mass is 688 g/mol. The molecule has 1 aromatic heterocycles. The summed E-state index contributed by atoms with van der Waals surface area (Å²) in [5, 5.41) is 0.624. The van der Waals surface area contributed by atoms with Crippen molar-refractivity contribution in [2.75, 3.05) is 11.5 Å². The van der Waals surface area contributed by atoms with Crippen molar-refractivity contribution in [1.29, 1.82) is 0 Å². The Morgan fingerprint density at radius 2 is 1.52 bits per heavy atom. The molecule has 2 aliphatic rings. The topological polar surface area (TPSA) is 93.6 Å². The van der Waals surface area contributed by atoms with Gasteiger partial charge in [0.2, 0.25) is 11.8 Å². The third-order valence-corrected chi connectivity index (χ3v) is 10.8. The number of hydrogen-bond donors (Lipinski definition) is 0. The van der Waals surface area contributed by atoms with Gasteiger partial charge in [-0.25, -0.2) is 9.78 Å². The Hall–Kier alpha value is -3.69. The van der Waals surface area contributed by atoms with Crippen LogP contribution in [0.25, 0.3) is 22.2 Å². The van der Waals surface area contributed by atoms with Crippen LogP contribution < -0.4 is 4.90 Å². The van der Waals surface area contributed by atoms with Crippen molar-refractivity contribution in [3.63, 3.8) is 0 Å². The first-order valence-corrected chi connectivity index (χ1v) is 15.5. The van der Waals surface area contributed by atoms with Crippen LogP contribution in [-0.4, -0.2) is 44.8 Å². The number of benzene rings is 3. The number of imide groups is 1. The largest absolute Gasteiger partial charge is 0.454 e. The van der Waals surface area contributed by atoms with Crippen molar-refractivity contribution in [3.8, 4) is 11.3 Å². The maximum atomic E-state index is 13.3. The number of Topliss-reactive ketones (excluding diaryl/α,β-unsaturated/α-hetero) is 1. The van der Waals surface area contributed by atoms with Crippen LogP contribution in [0.3, 0.4) is 0 Å². The fraction of sp³-hybridized carbons (Fsp3) is 0.242. The first kappa shape index (κ1) is 28.4. The highest BCUT2D eigenvalue weighted by molar-refractivity contribution is 9.12. The van der Waals surface area contributed by atoms with Crippen LogP contribution >= 0.6 is 31.9 Å². The molecule has 0 spiro atoms. The summed E-state index contributed by atoms with van der Waals surface area (Å²) in [6.07, 6.45) is 1.21. The summed E-state index contributed by atoms with van der Waals surface area (Å²) in [5.74, 6) is -1.92. The maximum Gasteiger partial charge on any atom is 0.339 e. The van der Waals surface area contributed by atoms with Gasteiger partial charge in [-0.15, -0.1) is 0 Å². The number of para-hydroxylation sites is 1. The van der Waals surface area contributed by atoms with E-state index in [0.29, 0.717) is 51.8 Å². The minimum absolute atomic E-state index is 0.137. The molecule has 0 bridgehead atoms. The van der Waals surface area contributed by atoms with E-state index in [-0.39, 0.29) is 45.7 Å². The molecule has 2 heterocycles. The second-order valence-electron chi connectivity index (χ2n) is 10.7. The number of halogens is 2. The average Bonchev–Trinajstić information content (AvgIpc) is 3.24. The summed E-state index contributed by atoms with van der Waals surface area (Å²) in [7, 11) is 0. The summed E-state index contributed by atoms with van der Waals surface area (Å²) < 4.78 is 5.45. The summed E-state index contributed by atoms with van der Waals surface area (Å²) in [6.45, 7) is 1.53. The van der Waals surface area contributed by atoms with Crippen LogP contribution in [0.15, 0.2) is 78.9 Å². The van der Waals surface area contributed by atoms with Gasteiger partial charge in [-0.05, 0) is 43.5 Å². The highest BCUT2D eigenvalue weighted by Gasteiger charge is 2.52. The zero-order chi connectivity index (χ0) is 29.5. The molecule has 3 aromatic carbocycles. The quantitative estimate of drug-likeness (QED) is 0.0971. The molecule has 6 rings (SSSR count). The average molecular weight is 690 g/mol. The molecule has 42 heavy (non-hydrogen) atoms. The van der Waals surface area contributed by atoms with Crippen molar-refractivity contribution in [2.45, 2.75) is 29.4 Å². The molecule has 9 heteroatoms. The molecule has 212 valence electrons. The molecule has 4 unspecified atom stereocenters. The number of ether oxygens (including phenoxy) is 1. The molecule has 1 aliphatic carbocycles. The lowest BCUT2D eigenvalue weighted by molar-refractivity contribution is -0.122. The number of aromatic nitrogens is 1. The van der Waals surface area contributed by atoms with Crippen molar-refractivity contribution < 1.29 is 23.9 Å². The molecule has 7 nitrogen and oxygen atoms in total. The lowest BCUT2D eigenvalue weighted by atomic mass is 9.81. The standard InChI is InChI=1S/C33H26Br2N2O5/c1-18-6-5-9-22-25(33(41)42-17-29(38)20-7-3-2-4-8-20)16-28(36-30(18)22)19-10-12-21(13-11-19)37-31(39)23-14-26(34)27(35)15-24(23)32(37)40/h2-13,16,23-24,26-27H,14-15,17H2,1H3. The number of esters is 1. The number of aryl methyl sites for hydroxylation is 1. The Morgan fingerprint density at radius 3 is 2.17 bits per heavy atom. The molecule has 0 radical (unpaired) electrons. The van der Waals surface area contributed by atoms with E-state index in [9.17, 15) is 19.2 Å². The minimum Gasteiger partial charge on any atom is -0.454 e. The molecular weight excluding hydrogens is 664 g/mol. The molecule has 2 amide bonds. The van der Waals surface area contributed by atoms with Gasteiger partial charge in [0.15, 0.2) is 12.4 Å². The number of fused-ring (bicyclic) bond motifs is 2. The predicted molar refractivity (Wildman–Crippen MR) is 167 cm³/mol. The van der Waals surface area contributed by atoms with Crippen molar-refractivity contribution in [3.05, 3.63) is 95.6 Å². The molecule has 2 fully saturated rings. The number of alkyl halides is 2. The predicted octanol–water partition coefficient (Wildman–Crippen LogP) is 6.68. The van der Waals surface area contributed by atoms with Crippen LogP contribution in [0.4, 0.5) is 5.69 Å². The molecule has 1 saturated heterocycles. The van der Waals surface area contributed by atoms with E-state index in [1.165, 1.54) is 4.90 Å². The van der Waals surface area contributed by atoms with Crippen LogP contribution in [-0.2, 0) is 14.3 Å². The Balaban J connectivity index is 1.29. The van der Waals surface area contributed by atoms with E-state index >= 15 is 0 Å². The van der Waals surface area contributed by atoms with Gasteiger partial charge in [0.25, 0.3) is 0 Å². The summed E-state index contributed by atoms with van der Waals surface area (Å²) >= 11 is 7.26. The number of anilines is 1. The van der Waals surface area contributed by atoms with Gasteiger partial charge in [0, 0.05) is 26.2 Å². The second-order valence-corrected chi connectivity index (χ2v) is 13.0. The van der Waals surface area contributed by atoms with Crippen molar-refractivity contribution in [1.82, 2.24) is 4.98 Å². The summed E-state index contributed by atoms with van der Waals surface area (Å²) in [4.78, 5) is 58.7. The maximum absolute atomic E-state index is 13.3. The van der Waals surface area contributed by atoms with E-state index < -0.39 is 5.97 Å². The number of pyridine rings is 1. The Morgan fingerprint density at radius 1 is 0.881 bits per heavy atom. The number of hydrogen-bond acceptors (Lipinski definition) is 6. The number of carbonyl (C=O) groups is 4. The normalized spacial score (nSPS) is 21.8. The van der Waals surface area contributed by atoms with Gasteiger partial charge in [0.05, 0.1) is 34.3 Å².